The maximum atomic E-state index is 11.7. The monoisotopic (exact) mass is 344 g/mol. The van der Waals surface area contributed by atoms with E-state index in [9.17, 15) is 19.2 Å². The molecule has 24 heavy (non-hydrogen) atoms. The highest BCUT2D eigenvalue weighted by atomic mass is 17.1. The topological polar surface area (TPSA) is 139 Å². The Morgan fingerprint density at radius 3 is 2.46 bits per heavy atom. The first kappa shape index (κ1) is 19.3. The summed E-state index contributed by atoms with van der Waals surface area (Å²) in [5.74, 6) is -3.27. The maximum Gasteiger partial charge on any atom is 0.377 e. The summed E-state index contributed by atoms with van der Waals surface area (Å²) < 4.78 is 18.3. The van der Waals surface area contributed by atoms with Gasteiger partial charge in [-0.05, 0) is 25.5 Å². The van der Waals surface area contributed by atoms with Crippen LogP contribution in [0.3, 0.4) is 0 Å². The standard InChI is InChI=1S/C14H16O10/c1-3-20-11(15)6-12(16)21-7-22-14(18)10-4-9(8(2)24-19)5-13(17)23-10/h4-5,8,19H,3,6-7H2,1-2H3. The Kier molecular flexibility index (Phi) is 7.59. The van der Waals surface area contributed by atoms with Crippen LogP contribution in [0.15, 0.2) is 21.3 Å². The molecular weight excluding hydrogens is 328 g/mol. The molecular formula is C14H16O10. The van der Waals surface area contributed by atoms with Gasteiger partial charge in [0.2, 0.25) is 12.6 Å². The Bertz CT molecular complexity index is 647. The smallest absolute Gasteiger partial charge is 0.377 e. The number of rotatable bonds is 8. The third-order valence-corrected chi connectivity index (χ3v) is 2.63. The van der Waals surface area contributed by atoms with Gasteiger partial charge in [-0.25, -0.2) is 14.5 Å². The van der Waals surface area contributed by atoms with Gasteiger partial charge in [-0.15, -0.1) is 0 Å². The lowest BCUT2D eigenvalue weighted by atomic mass is 10.1. The molecule has 1 rings (SSSR count). The minimum atomic E-state index is -1.08. The summed E-state index contributed by atoms with van der Waals surface area (Å²) in [5, 5.41) is 8.58. The molecule has 10 heteroatoms. The fourth-order valence-electron chi connectivity index (χ4n) is 1.49. The zero-order valence-electron chi connectivity index (χ0n) is 13.0. The molecule has 0 bridgehead atoms. The lowest BCUT2D eigenvalue weighted by molar-refractivity contribution is -0.277. The fraction of sp³-hybridized carbons (Fsp3) is 0.429. The molecule has 1 aromatic heterocycles. The number of hydrogen-bond donors (Lipinski definition) is 1. The van der Waals surface area contributed by atoms with Crippen LogP contribution in [-0.4, -0.2) is 36.6 Å². The molecule has 0 aliphatic carbocycles. The zero-order chi connectivity index (χ0) is 18.1. The van der Waals surface area contributed by atoms with E-state index in [4.69, 9.17) is 5.26 Å². The van der Waals surface area contributed by atoms with Gasteiger partial charge in [0, 0.05) is 6.07 Å². The minimum absolute atomic E-state index is 0.118. The van der Waals surface area contributed by atoms with E-state index in [-0.39, 0.29) is 12.2 Å². The van der Waals surface area contributed by atoms with Crippen molar-refractivity contribution in [1.82, 2.24) is 0 Å². The van der Waals surface area contributed by atoms with Gasteiger partial charge < -0.3 is 18.6 Å². The van der Waals surface area contributed by atoms with Crippen molar-refractivity contribution < 1.29 is 43.2 Å². The predicted molar refractivity (Wildman–Crippen MR) is 74.7 cm³/mol. The Morgan fingerprint density at radius 1 is 1.17 bits per heavy atom. The Morgan fingerprint density at radius 2 is 1.83 bits per heavy atom. The summed E-state index contributed by atoms with van der Waals surface area (Å²) in [6, 6.07) is 2.15. The molecule has 0 radical (unpaired) electrons. The molecule has 0 fully saturated rings. The summed E-state index contributed by atoms with van der Waals surface area (Å²) in [6.45, 7) is 2.35. The highest BCUT2D eigenvalue weighted by Crippen LogP contribution is 2.15. The largest absolute Gasteiger partial charge is 0.466 e. The van der Waals surface area contributed by atoms with Crippen LogP contribution in [0, 0.1) is 0 Å². The molecule has 0 aliphatic heterocycles. The first-order chi connectivity index (χ1) is 11.4. The van der Waals surface area contributed by atoms with Crippen LogP contribution < -0.4 is 5.63 Å². The van der Waals surface area contributed by atoms with Gasteiger partial charge in [-0.1, -0.05) is 0 Å². The van der Waals surface area contributed by atoms with E-state index in [1.165, 1.54) is 6.92 Å². The van der Waals surface area contributed by atoms with Crippen molar-refractivity contribution in [2.45, 2.75) is 26.4 Å². The summed E-state index contributed by atoms with van der Waals surface area (Å²) in [7, 11) is 0. The first-order valence-corrected chi connectivity index (χ1v) is 6.81. The van der Waals surface area contributed by atoms with E-state index in [1.807, 2.05) is 0 Å². The van der Waals surface area contributed by atoms with Crippen molar-refractivity contribution in [3.63, 3.8) is 0 Å². The fourth-order valence-corrected chi connectivity index (χ4v) is 1.49. The van der Waals surface area contributed by atoms with Crippen molar-refractivity contribution in [3.05, 3.63) is 33.9 Å². The van der Waals surface area contributed by atoms with E-state index in [0.29, 0.717) is 0 Å². The molecule has 1 N–H and O–H groups in total. The molecule has 0 aliphatic rings. The Labute approximate surface area is 135 Å². The van der Waals surface area contributed by atoms with Crippen LogP contribution in [0.5, 0.6) is 0 Å². The van der Waals surface area contributed by atoms with E-state index < -0.39 is 48.6 Å². The number of carbonyl (C=O) groups is 3. The van der Waals surface area contributed by atoms with E-state index in [2.05, 4.69) is 23.5 Å². The SMILES string of the molecule is CCOC(=O)CC(=O)OCOC(=O)c1cc(C(C)OO)cc(=O)o1. The second-order valence-electron chi connectivity index (χ2n) is 4.37. The normalized spacial score (nSPS) is 11.5. The van der Waals surface area contributed by atoms with Gasteiger partial charge in [0.25, 0.3) is 0 Å². The quantitative estimate of drug-likeness (QED) is 0.237. The number of ether oxygens (including phenoxy) is 3. The van der Waals surface area contributed by atoms with Gasteiger partial charge in [0.1, 0.15) is 12.5 Å². The molecule has 1 heterocycles. The molecule has 0 spiro atoms. The molecule has 0 saturated carbocycles. The average Bonchev–Trinajstić information content (AvgIpc) is 2.53. The van der Waals surface area contributed by atoms with Gasteiger partial charge in [-0.3, -0.25) is 14.8 Å². The van der Waals surface area contributed by atoms with E-state index >= 15 is 0 Å². The van der Waals surface area contributed by atoms with E-state index in [1.54, 1.807) is 6.92 Å². The number of esters is 3. The van der Waals surface area contributed by atoms with Gasteiger partial charge >= 0.3 is 23.5 Å². The summed E-state index contributed by atoms with van der Waals surface area (Å²) in [6.07, 6.45) is -1.50. The Balaban J connectivity index is 2.57. The molecule has 0 saturated heterocycles. The van der Waals surface area contributed by atoms with Crippen molar-refractivity contribution in [2.75, 3.05) is 13.4 Å². The van der Waals surface area contributed by atoms with Crippen molar-refractivity contribution >= 4 is 17.9 Å². The van der Waals surface area contributed by atoms with Gasteiger partial charge in [-0.2, -0.15) is 0 Å². The van der Waals surface area contributed by atoms with E-state index in [0.717, 1.165) is 12.1 Å². The maximum absolute atomic E-state index is 11.7. The van der Waals surface area contributed by atoms with Gasteiger partial charge in [0.15, 0.2) is 0 Å². The van der Waals surface area contributed by atoms with Crippen molar-refractivity contribution in [3.8, 4) is 0 Å². The van der Waals surface area contributed by atoms with Crippen LogP contribution in [0.25, 0.3) is 0 Å². The lowest BCUT2D eigenvalue weighted by Gasteiger charge is -2.08. The van der Waals surface area contributed by atoms with Crippen molar-refractivity contribution in [2.24, 2.45) is 0 Å². The third kappa shape index (κ3) is 6.18. The average molecular weight is 344 g/mol. The molecule has 1 unspecified atom stereocenters. The third-order valence-electron chi connectivity index (χ3n) is 2.63. The number of carbonyl (C=O) groups excluding carboxylic acids is 3. The Hall–Kier alpha value is -2.72. The number of hydrogen-bond acceptors (Lipinski definition) is 10. The van der Waals surface area contributed by atoms with Crippen LogP contribution in [0.2, 0.25) is 0 Å². The highest BCUT2D eigenvalue weighted by Gasteiger charge is 2.17. The van der Waals surface area contributed by atoms with Gasteiger partial charge in [0.05, 0.1) is 6.61 Å². The van der Waals surface area contributed by atoms with Crippen LogP contribution >= 0.6 is 0 Å². The predicted octanol–water partition coefficient (Wildman–Crippen LogP) is 0.801. The molecule has 10 nitrogen and oxygen atoms in total. The molecule has 0 amide bonds. The molecule has 0 aromatic carbocycles. The van der Waals surface area contributed by atoms with Crippen LogP contribution in [-0.2, 0) is 28.7 Å². The van der Waals surface area contributed by atoms with Crippen molar-refractivity contribution in [1.29, 1.82) is 0 Å². The summed E-state index contributed by atoms with van der Waals surface area (Å²) in [5.41, 5.74) is -0.678. The zero-order valence-corrected chi connectivity index (χ0v) is 13.0. The van der Waals surface area contributed by atoms with Crippen LogP contribution in [0.1, 0.15) is 42.5 Å². The van der Waals surface area contributed by atoms with Crippen LogP contribution in [0.4, 0.5) is 0 Å². The summed E-state index contributed by atoms with van der Waals surface area (Å²) in [4.78, 5) is 49.4. The molecule has 132 valence electrons. The molecule has 1 aromatic rings. The lowest BCUT2D eigenvalue weighted by Crippen LogP contribution is -2.18. The minimum Gasteiger partial charge on any atom is -0.466 e. The second kappa shape index (κ2) is 9.43. The summed E-state index contributed by atoms with van der Waals surface area (Å²) >= 11 is 0. The first-order valence-electron chi connectivity index (χ1n) is 6.81. The highest BCUT2D eigenvalue weighted by molar-refractivity contribution is 5.91. The second-order valence-corrected chi connectivity index (χ2v) is 4.37. The molecule has 1 atom stereocenters.